The molecule has 0 aliphatic heterocycles. The second-order valence-corrected chi connectivity index (χ2v) is 5.69. The van der Waals surface area contributed by atoms with Crippen LogP contribution >= 0.6 is 0 Å². The molecule has 3 heteroatoms. The van der Waals surface area contributed by atoms with Crippen LogP contribution in [0, 0.1) is 5.92 Å². The van der Waals surface area contributed by atoms with Gasteiger partial charge in [-0.05, 0) is 50.7 Å². The van der Waals surface area contributed by atoms with Gasteiger partial charge in [0.25, 0.3) is 0 Å². The van der Waals surface area contributed by atoms with Gasteiger partial charge >= 0.3 is 0 Å². The van der Waals surface area contributed by atoms with E-state index in [0.717, 1.165) is 17.7 Å². The molecule has 0 aromatic carbocycles. The van der Waals surface area contributed by atoms with E-state index in [1.807, 2.05) is 6.07 Å². The van der Waals surface area contributed by atoms with Crippen LogP contribution in [-0.4, -0.2) is 23.5 Å². The van der Waals surface area contributed by atoms with Crippen LogP contribution in [0.3, 0.4) is 0 Å². The fourth-order valence-electron chi connectivity index (χ4n) is 2.68. The van der Waals surface area contributed by atoms with Crippen LogP contribution in [0.5, 0.6) is 0 Å². The van der Waals surface area contributed by atoms with Crippen LogP contribution in [0.25, 0.3) is 0 Å². The molecule has 0 amide bonds. The minimum atomic E-state index is 0.125. The number of hydrogen-bond acceptors (Lipinski definition) is 3. The maximum atomic E-state index is 6.19. The van der Waals surface area contributed by atoms with Gasteiger partial charge in [-0.3, -0.25) is 4.90 Å². The lowest BCUT2D eigenvalue weighted by Crippen LogP contribution is -2.41. The molecule has 0 spiro atoms. The zero-order chi connectivity index (χ0) is 11.8. The van der Waals surface area contributed by atoms with Crippen LogP contribution in [0.2, 0.25) is 0 Å². The van der Waals surface area contributed by atoms with Crippen molar-refractivity contribution in [1.82, 2.24) is 4.90 Å². The molecule has 1 aromatic heterocycles. The third-order valence-corrected chi connectivity index (χ3v) is 3.87. The summed E-state index contributed by atoms with van der Waals surface area (Å²) < 4.78 is 5.60. The molecule has 2 aliphatic rings. The highest BCUT2D eigenvalue weighted by atomic mass is 16.3. The Bertz CT molecular complexity index is 352. The van der Waals surface area contributed by atoms with E-state index in [1.54, 1.807) is 6.26 Å². The van der Waals surface area contributed by atoms with E-state index in [0.29, 0.717) is 0 Å². The van der Waals surface area contributed by atoms with E-state index in [2.05, 4.69) is 17.9 Å². The summed E-state index contributed by atoms with van der Waals surface area (Å²) in [6.07, 6.45) is 7.21. The molecule has 0 bridgehead atoms. The number of furan rings is 1. The molecule has 0 radical (unpaired) electrons. The first kappa shape index (κ1) is 11.3. The second kappa shape index (κ2) is 4.46. The molecule has 2 N–H and O–H groups in total. The summed E-state index contributed by atoms with van der Waals surface area (Å²) in [5.41, 5.74) is 6.19. The van der Waals surface area contributed by atoms with E-state index < -0.39 is 0 Å². The van der Waals surface area contributed by atoms with Gasteiger partial charge in [-0.25, -0.2) is 0 Å². The Morgan fingerprint density at radius 2 is 2.18 bits per heavy atom. The standard InChI is InChI=1S/C14H22N2O/c1-10(15)14(13-3-2-8-17-13)16(12-6-7-12)9-11-4-5-11/h2-3,8,10-12,14H,4-7,9,15H2,1H3. The molecule has 0 saturated heterocycles. The highest BCUT2D eigenvalue weighted by Gasteiger charge is 2.40. The maximum absolute atomic E-state index is 6.19. The van der Waals surface area contributed by atoms with Gasteiger partial charge in [0.05, 0.1) is 12.3 Å². The third-order valence-electron chi connectivity index (χ3n) is 3.87. The number of nitrogens with zero attached hydrogens (tertiary/aromatic N) is 1. The largest absolute Gasteiger partial charge is 0.468 e. The van der Waals surface area contributed by atoms with E-state index in [4.69, 9.17) is 10.2 Å². The van der Waals surface area contributed by atoms with Crippen molar-refractivity contribution in [3.63, 3.8) is 0 Å². The van der Waals surface area contributed by atoms with E-state index in [9.17, 15) is 0 Å². The van der Waals surface area contributed by atoms with Crippen LogP contribution in [0.4, 0.5) is 0 Å². The minimum absolute atomic E-state index is 0.125. The Morgan fingerprint density at radius 1 is 1.41 bits per heavy atom. The predicted molar refractivity (Wildman–Crippen MR) is 67.6 cm³/mol. The Kier molecular flexibility index (Phi) is 2.97. The fraction of sp³-hybridized carbons (Fsp3) is 0.714. The Labute approximate surface area is 103 Å². The first-order chi connectivity index (χ1) is 8.25. The van der Waals surface area contributed by atoms with Gasteiger partial charge < -0.3 is 10.2 Å². The molecule has 2 atom stereocenters. The van der Waals surface area contributed by atoms with Crippen molar-refractivity contribution in [3.05, 3.63) is 24.2 Å². The first-order valence-electron chi connectivity index (χ1n) is 6.80. The van der Waals surface area contributed by atoms with Crippen LogP contribution in [0.1, 0.15) is 44.4 Å². The SMILES string of the molecule is CC(N)C(c1ccco1)N(CC1CC1)C1CC1. The highest BCUT2D eigenvalue weighted by molar-refractivity contribution is 5.09. The van der Waals surface area contributed by atoms with Gasteiger partial charge in [0.1, 0.15) is 5.76 Å². The molecular weight excluding hydrogens is 212 g/mol. The smallest absolute Gasteiger partial charge is 0.122 e. The Morgan fingerprint density at radius 3 is 2.65 bits per heavy atom. The molecule has 1 aromatic rings. The summed E-state index contributed by atoms with van der Waals surface area (Å²) in [6, 6.07) is 5.17. The lowest BCUT2D eigenvalue weighted by molar-refractivity contribution is 0.139. The minimum Gasteiger partial charge on any atom is -0.468 e. The predicted octanol–water partition coefficient (Wildman–Crippen LogP) is 2.54. The van der Waals surface area contributed by atoms with E-state index >= 15 is 0 Å². The molecule has 3 nitrogen and oxygen atoms in total. The number of nitrogens with two attached hydrogens (primary N) is 1. The number of hydrogen-bond donors (Lipinski definition) is 1. The summed E-state index contributed by atoms with van der Waals surface area (Å²) in [4.78, 5) is 2.60. The molecule has 94 valence electrons. The van der Waals surface area contributed by atoms with Crippen molar-refractivity contribution >= 4 is 0 Å². The van der Waals surface area contributed by atoms with Crippen molar-refractivity contribution in [3.8, 4) is 0 Å². The third kappa shape index (κ3) is 2.55. The Hall–Kier alpha value is -0.800. The van der Waals surface area contributed by atoms with Gasteiger partial charge in [0.15, 0.2) is 0 Å². The summed E-state index contributed by atoms with van der Waals surface area (Å²) in [5, 5.41) is 0. The molecule has 3 rings (SSSR count). The molecule has 1 heterocycles. The quantitative estimate of drug-likeness (QED) is 0.822. The molecule has 2 saturated carbocycles. The molecule has 2 unspecified atom stereocenters. The fourth-order valence-corrected chi connectivity index (χ4v) is 2.68. The van der Waals surface area contributed by atoms with Crippen molar-refractivity contribution in [1.29, 1.82) is 0 Å². The topological polar surface area (TPSA) is 42.4 Å². The zero-order valence-electron chi connectivity index (χ0n) is 10.5. The first-order valence-corrected chi connectivity index (χ1v) is 6.80. The zero-order valence-corrected chi connectivity index (χ0v) is 10.5. The van der Waals surface area contributed by atoms with Crippen molar-refractivity contribution in [2.24, 2.45) is 11.7 Å². The lowest BCUT2D eigenvalue weighted by atomic mass is 10.1. The van der Waals surface area contributed by atoms with Gasteiger partial charge in [-0.1, -0.05) is 0 Å². The maximum Gasteiger partial charge on any atom is 0.122 e. The average Bonchev–Trinajstić information content (AvgIpc) is 3.18. The second-order valence-electron chi connectivity index (χ2n) is 5.69. The van der Waals surface area contributed by atoms with Gasteiger partial charge in [-0.15, -0.1) is 0 Å². The molecule has 17 heavy (non-hydrogen) atoms. The van der Waals surface area contributed by atoms with Gasteiger partial charge in [-0.2, -0.15) is 0 Å². The van der Waals surface area contributed by atoms with Crippen LogP contribution in [-0.2, 0) is 0 Å². The molecule has 2 fully saturated rings. The van der Waals surface area contributed by atoms with E-state index in [1.165, 1.54) is 32.2 Å². The molecule has 2 aliphatic carbocycles. The summed E-state index contributed by atoms with van der Waals surface area (Å²) >= 11 is 0. The van der Waals surface area contributed by atoms with Crippen molar-refractivity contribution in [2.45, 2.75) is 50.7 Å². The van der Waals surface area contributed by atoms with Crippen molar-refractivity contribution < 1.29 is 4.42 Å². The van der Waals surface area contributed by atoms with Crippen LogP contribution < -0.4 is 5.73 Å². The normalized spacial score (nSPS) is 23.9. The van der Waals surface area contributed by atoms with Crippen LogP contribution in [0.15, 0.2) is 22.8 Å². The Balaban J connectivity index is 1.79. The number of rotatable bonds is 6. The monoisotopic (exact) mass is 234 g/mol. The summed E-state index contributed by atoms with van der Waals surface area (Å²) in [7, 11) is 0. The van der Waals surface area contributed by atoms with Crippen molar-refractivity contribution in [2.75, 3.05) is 6.54 Å². The van der Waals surface area contributed by atoms with E-state index in [-0.39, 0.29) is 12.1 Å². The van der Waals surface area contributed by atoms with Gasteiger partial charge in [0, 0.05) is 18.6 Å². The molecular formula is C14H22N2O. The lowest BCUT2D eigenvalue weighted by Gasteiger charge is -2.33. The summed E-state index contributed by atoms with van der Waals surface area (Å²) in [6.45, 7) is 3.30. The van der Waals surface area contributed by atoms with Gasteiger partial charge in [0.2, 0.25) is 0 Å². The highest BCUT2D eigenvalue weighted by Crippen LogP contribution is 2.40. The average molecular weight is 234 g/mol. The summed E-state index contributed by atoms with van der Waals surface area (Å²) in [5.74, 6) is 1.94.